The van der Waals surface area contributed by atoms with Crippen LogP contribution in [0.4, 0.5) is 10.5 Å². The topological polar surface area (TPSA) is 117 Å². The van der Waals surface area contributed by atoms with Crippen molar-refractivity contribution in [2.24, 2.45) is 0 Å². The maximum absolute atomic E-state index is 14.0. The van der Waals surface area contributed by atoms with Crippen molar-refractivity contribution in [1.29, 1.82) is 0 Å². The van der Waals surface area contributed by atoms with E-state index in [1.807, 2.05) is 32.0 Å². The molecule has 2 unspecified atom stereocenters. The normalized spacial score (nSPS) is 15.0. The van der Waals surface area contributed by atoms with Crippen LogP contribution in [-0.2, 0) is 14.3 Å². The van der Waals surface area contributed by atoms with Gasteiger partial charge in [0.1, 0.15) is 23.4 Å². The molecule has 9 heteroatoms. The molecule has 9 nitrogen and oxygen atoms in total. The molecular formula is C29H39N3O6. The molecule has 1 fully saturated rings. The minimum absolute atomic E-state index is 0.220. The van der Waals surface area contributed by atoms with Crippen molar-refractivity contribution in [2.45, 2.75) is 77.6 Å². The standard InChI is InChI=1S/C29H39N3O6/c1-18-9-7-10-19(2)24(18)25(26(34)30-20-13-15-22(37-6)16-14-20)32(21-11-8-12-21)27(35)23(17-33)31-28(36)38-29(3,4)5/h7,9-10,13-16,21,23,25,33H,8,11-12,17H2,1-6H3,(H,30,34)(H,31,36). The average molecular weight is 526 g/mol. The summed E-state index contributed by atoms with van der Waals surface area (Å²) in [6, 6.07) is 10.2. The second-order valence-corrected chi connectivity index (χ2v) is 10.6. The molecule has 206 valence electrons. The summed E-state index contributed by atoms with van der Waals surface area (Å²) >= 11 is 0. The maximum Gasteiger partial charge on any atom is 0.408 e. The Balaban J connectivity index is 2.02. The molecular weight excluding hydrogens is 486 g/mol. The van der Waals surface area contributed by atoms with Gasteiger partial charge < -0.3 is 30.1 Å². The fraction of sp³-hybridized carbons (Fsp3) is 0.483. The van der Waals surface area contributed by atoms with E-state index in [4.69, 9.17) is 9.47 Å². The summed E-state index contributed by atoms with van der Waals surface area (Å²) in [7, 11) is 1.57. The summed E-state index contributed by atoms with van der Waals surface area (Å²) in [5.41, 5.74) is 2.21. The molecule has 38 heavy (non-hydrogen) atoms. The van der Waals surface area contributed by atoms with Crippen LogP contribution in [0.2, 0.25) is 0 Å². The number of hydrogen-bond acceptors (Lipinski definition) is 6. The van der Waals surface area contributed by atoms with Crippen LogP contribution in [0.5, 0.6) is 5.75 Å². The Morgan fingerprint density at radius 1 is 1.05 bits per heavy atom. The number of hydrogen-bond donors (Lipinski definition) is 3. The van der Waals surface area contributed by atoms with Crippen molar-refractivity contribution in [3.8, 4) is 5.75 Å². The summed E-state index contributed by atoms with van der Waals surface area (Å²) in [5, 5.41) is 15.6. The summed E-state index contributed by atoms with van der Waals surface area (Å²) in [6.07, 6.45) is 1.53. The second-order valence-electron chi connectivity index (χ2n) is 10.6. The van der Waals surface area contributed by atoms with Gasteiger partial charge in [0.25, 0.3) is 5.91 Å². The van der Waals surface area contributed by atoms with Gasteiger partial charge in [0, 0.05) is 11.7 Å². The van der Waals surface area contributed by atoms with Gasteiger partial charge in [-0.05, 0) is 94.8 Å². The highest BCUT2D eigenvalue weighted by Gasteiger charge is 2.42. The first-order valence-electron chi connectivity index (χ1n) is 12.9. The van der Waals surface area contributed by atoms with E-state index in [1.54, 1.807) is 52.1 Å². The number of alkyl carbamates (subject to hydrolysis) is 1. The Bertz CT molecular complexity index is 1120. The SMILES string of the molecule is COc1ccc(NC(=O)C(c2c(C)cccc2C)N(C(=O)C(CO)NC(=O)OC(C)(C)C)C2CCC2)cc1. The van der Waals surface area contributed by atoms with Crippen molar-refractivity contribution in [1.82, 2.24) is 10.2 Å². The molecule has 0 bridgehead atoms. The van der Waals surface area contributed by atoms with Crippen molar-refractivity contribution in [2.75, 3.05) is 19.0 Å². The molecule has 0 saturated heterocycles. The smallest absolute Gasteiger partial charge is 0.408 e. The number of amides is 3. The van der Waals surface area contributed by atoms with Gasteiger partial charge in [0.2, 0.25) is 5.91 Å². The van der Waals surface area contributed by atoms with Crippen molar-refractivity contribution >= 4 is 23.6 Å². The molecule has 2 aromatic rings. The summed E-state index contributed by atoms with van der Waals surface area (Å²) in [5.74, 6) is -0.276. The molecule has 3 amide bonds. The van der Waals surface area contributed by atoms with E-state index in [0.717, 1.165) is 17.5 Å². The van der Waals surface area contributed by atoms with Crippen molar-refractivity contribution < 1.29 is 29.0 Å². The molecule has 2 aromatic carbocycles. The fourth-order valence-electron chi connectivity index (χ4n) is 4.54. The zero-order valence-corrected chi connectivity index (χ0v) is 23.0. The van der Waals surface area contributed by atoms with Crippen molar-refractivity contribution in [3.63, 3.8) is 0 Å². The molecule has 3 N–H and O–H groups in total. The summed E-state index contributed by atoms with van der Waals surface area (Å²) < 4.78 is 10.5. The average Bonchev–Trinajstić information content (AvgIpc) is 2.81. The second kappa shape index (κ2) is 12.3. The Hall–Kier alpha value is -3.59. The molecule has 3 rings (SSSR count). The van der Waals surface area contributed by atoms with Gasteiger partial charge in [0.05, 0.1) is 13.7 Å². The summed E-state index contributed by atoms with van der Waals surface area (Å²) in [4.78, 5) is 42.0. The van der Waals surface area contributed by atoms with Crippen LogP contribution in [0, 0.1) is 13.8 Å². The zero-order valence-electron chi connectivity index (χ0n) is 23.0. The van der Waals surface area contributed by atoms with Gasteiger partial charge >= 0.3 is 6.09 Å². The Labute approximate surface area is 224 Å². The Morgan fingerprint density at radius 2 is 1.66 bits per heavy atom. The first-order chi connectivity index (χ1) is 17.9. The van der Waals surface area contributed by atoms with E-state index in [9.17, 15) is 19.5 Å². The molecule has 1 saturated carbocycles. The van der Waals surface area contributed by atoms with Crippen LogP contribution in [0.3, 0.4) is 0 Å². The zero-order chi connectivity index (χ0) is 28.0. The lowest BCUT2D eigenvalue weighted by Gasteiger charge is -2.44. The fourth-order valence-corrected chi connectivity index (χ4v) is 4.54. The van der Waals surface area contributed by atoms with Crippen LogP contribution in [0.1, 0.15) is 62.8 Å². The minimum atomic E-state index is -1.27. The maximum atomic E-state index is 14.0. The molecule has 1 aliphatic carbocycles. The third-order valence-electron chi connectivity index (χ3n) is 6.59. The molecule has 0 heterocycles. The highest BCUT2D eigenvalue weighted by atomic mass is 16.6. The van der Waals surface area contributed by atoms with Gasteiger partial charge in [-0.25, -0.2) is 4.79 Å². The van der Waals surface area contributed by atoms with Crippen LogP contribution in [0.15, 0.2) is 42.5 Å². The van der Waals surface area contributed by atoms with Gasteiger partial charge in [-0.2, -0.15) is 0 Å². The van der Waals surface area contributed by atoms with Crippen LogP contribution in [-0.4, -0.2) is 59.3 Å². The lowest BCUT2D eigenvalue weighted by molar-refractivity contribution is -0.146. The number of anilines is 1. The number of aliphatic hydroxyl groups is 1. The van der Waals surface area contributed by atoms with Gasteiger partial charge in [0.15, 0.2) is 0 Å². The Kier molecular flexibility index (Phi) is 9.38. The Morgan fingerprint density at radius 3 is 2.13 bits per heavy atom. The number of methoxy groups -OCH3 is 1. The minimum Gasteiger partial charge on any atom is -0.497 e. The number of nitrogens with one attached hydrogen (secondary N) is 2. The number of carbonyl (C=O) groups is 3. The van der Waals surface area contributed by atoms with Gasteiger partial charge in [-0.15, -0.1) is 0 Å². The lowest BCUT2D eigenvalue weighted by atomic mass is 9.86. The number of carbonyl (C=O) groups excluding carboxylic acids is 3. The number of aryl methyl sites for hydroxylation is 2. The molecule has 2 atom stereocenters. The first kappa shape index (κ1) is 29.0. The van der Waals surface area contributed by atoms with Gasteiger partial charge in [-0.1, -0.05) is 18.2 Å². The predicted molar refractivity (Wildman–Crippen MR) is 145 cm³/mol. The number of rotatable bonds is 9. The van der Waals surface area contributed by atoms with Gasteiger partial charge in [-0.3, -0.25) is 9.59 Å². The van der Waals surface area contributed by atoms with Crippen molar-refractivity contribution in [3.05, 3.63) is 59.2 Å². The lowest BCUT2D eigenvalue weighted by Crippen LogP contribution is -2.58. The van der Waals surface area contributed by atoms with E-state index < -0.39 is 36.3 Å². The van der Waals surface area contributed by atoms with E-state index in [-0.39, 0.29) is 11.9 Å². The number of nitrogens with zero attached hydrogens (tertiary/aromatic N) is 1. The molecule has 0 aromatic heterocycles. The molecule has 0 aliphatic heterocycles. The van der Waals surface area contributed by atoms with E-state index in [2.05, 4.69) is 10.6 Å². The quantitative estimate of drug-likeness (QED) is 0.450. The van der Waals surface area contributed by atoms with E-state index in [1.165, 1.54) is 4.90 Å². The number of benzene rings is 2. The van der Waals surface area contributed by atoms with Crippen LogP contribution < -0.4 is 15.4 Å². The molecule has 0 spiro atoms. The summed E-state index contributed by atoms with van der Waals surface area (Å²) in [6.45, 7) is 8.31. The third-order valence-corrected chi connectivity index (χ3v) is 6.59. The number of ether oxygens (including phenoxy) is 2. The third kappa shape index (κ3) is 7.04. The predicted octanol–water partition coefficient (Wildman–Crippen LogP) is 4.26. The first-order valence-corrected chi connectivity index (χ1v) is 12.9. The highest BCUT2D eigenvalue weighted by molar-refractivity contribution is 5.99. The van der Waals surface area contributed by atoms with E-state index >= 15 is 0 Å². The molecule has 1 aliphatic rings. The van der Waals surface area contributed by atoms with Crippen LogP contribution in [0.25, 0.3) is 0 Å². The molecule has 0 radical (unpaired) electrons. The highest BCUT2D eigenvalue weighted by Crippen LogP contribution is 2.36. The number of aliphatic hydroxyl groups excluding tert-OH is 1. The van der Waals surface area contributed by atoms with E-state index in [0.29, 0.717) is 29.8 Å². The largest absolute Gasteiger partial charge is 0.497 e. The monoisotopic (exact) mass is 525 g/mol. The van der Waals surface area contributed by atoms with Crippen LogP contribution >= 0.6 is 0 Å².